The van der Waals surface area contributed by atoms with Gasteiger partial charge in [0.2, 0.25) is 5.88 Å². The molecule has 0 saturated carbocycles. The molecule has 5 heteroatoms. The molecule has 5 aromatic rings. The first-order chi connectivity index (χ1) is 12.2. The molecule has 1 N–H and O–H groups in total. The number of aryl methyl sites for hydroxylation is 2. The largest absolute Gasteiger partial charge is 0.456 e. The average Bonchev–Trinajstić information content (AvgIpc) is 3.14. The van der Waals surface area contributed by atoms with Crippen molar-refractivity contribution in [3.8, 4) is 11.6 Å². The summed E-state index contributed by atoms with van der Waals surface area (Å²) in [6.45, 7) is 4.16. The molecule has 5 rings (SSSR count). The van der Waals surface area contributed by atoms with Crippen molar-refractivity contribution in [3.63, 3.8) is 0 Å². The van der Waals surface area contributed by atoms with Crippen LogP contribution in [-0.2, 0) is 0 Å². The number of rotatable bonds is 2. The van der Waals surface area contributed by atoms with Gasteiger partial charge in [0.1, 0.15) is 22.4 Å². The molecular weight excluding hydrogens is 348 g/mol. The summed E-state index contributed by atoms with van der Waals surface area (Å²) in [5, 5.41) is 3.26. The zero-order valence-electron chi connectivity index (χ0n) is 14.4. The summed E-state index contributed by atoms with van der Waals surface area (Å²) in [6, 6.07) is 15.9. The van der Waals surface area contributed by atoms with Gasteiger partial charge in [0.15, 0.2) is 0 Å². The van der Waals surface area contributed by atoms with Gasteiger partial charge in [-0.15, -0.1) is 12.4 Å². The molecule has 0 fully saturated rings. The van der Waals surface area contributed by atoms with Crippen LogP contribution >= 0.6 is 12.4 Å². The van der Waals surface area contributed by atoms with Crippen molar-refractivity contribution < 1.29 is 9.15 Å². The third-order valence-corrected chi connectivity index (χ3v) is 4.76. The van der Waals surface area contributed by atoms with Gasteiger partial charge in [0.05, 0.1) is 0 Å². The first-order valence-corrected chi connectivity index (χ1v) is 8.24. The Hall–Kier alpha value is -2.98. The summed E-state index contributed by atoms with van der Waals surface area (Å²) >= 11 is 0. The molecule has 3 heterocycles. The highest BCUT2D eigenvalue weighted by Crippen LogP contribution is 2.34. The lowest BCUT2D eigenvalue weighted by Gasteiger charge is -2.06. The van der Waals surface area contributed by atoms with E-state index in [2.05, 4.69) is 29.9 Å². The lowest BCUT2D eigenvalue weighted by atomic mass is 10.1. The summed E-state index contributed by atoms with van der Waals surface area (Å²) in [5.74, 6) is 1.32. The Bertz CT molecular complexity index is 1250. The molecule has 0 unspecified atom stereocenters. The Morgan fingerprint density at radius 2 is 1.73 bits per heavy atom. The number of benzene rings is 2. The maximum atomic E-state index is 6.10. The van der Waals surface area contributed by atoms with Crippen LogP contribution in [0.4, 0.5) is 0 Å². The minimum absolute atomic E-state index is 0. The molecule has 2 aromatic carbocycles. The van der Waals surface area contributed by atoms with Gasteiger partial charge >= 0.3 is 0 Å². The van der Waals surface area contributed by atoms with Gasteiger partial charge in [-0.05, 0) is 49.7 Å². The van der Waals surface area contributed by atoms with Gasteiger partial charge < -0.3 is 14.1 Å². The zero-order chi connectivity index (χ0) is 17.0. The second-order valence-electron chi connectivity index (χ2n) is 6.27. The molecule has 0 saturated heterocycles. The second kappa shape index (κ2) is 6.07. The number of H-pyrrole nitrogens is 1. The van der Waals surface area contributed by atoms with Crippen LogP contribution in [0.3, 0.4) is 0 Å². The number of nitrogens with one attached hydrogen (secondary N) is 1. The van der Waals surface area contributed by atoms with Crippen LogP contribution < -0.4 is 4.74 Å². The number of para-hydroxylation sites is 1. The van der Waals surface area contributed by atoms with Gasteiger partial charge in [-0.2, -0.15) is 0 Å². The number of hydrogen-bond donors (Lipinski definition) is 1. The Kier molecular flexibility index (Phi) is 3.85. The Morgan fingerprint density at radius 1 is 0.923 bits per heavy atom. The average molecular weight is 365 g/mol. The molecule has 0 amide bonds. The number of furan rings is 1. The molecule has 0 aliphatic heterocycles. The van der Waals surface area contributed by atoms with Crippen molar-refractivity contribution in [1.82, 2.24) is 9.97 Å². The standard InChI is InChI=1S/C21H16N2O2.ClH/c1-12-13(2)23-20-15(12)9-10-22-21(20)24-14-7-8-19-17(11-14)16-5-3-4-6-18(16)25-19;/h3-11,23H,1-2H3;1H. The van der Waals surface area contributed by atoms with Crippen LogP contribution in [0.1, 0.15) is 11.3 Å². The zero-order valence-corrected chi connectivity index (χ0v) is 15.2. The number of fused-ring (bicyclic) bond motifs is 4. The van der Waals surface area contributed by atoms with E-state index in [1.54, 1.807) is 6.20 Å². The van der Waals surface area contributed by atoms with E-state index >= 15 is 0 Å². The van der Waals surface area contributed by atoms with Crippen LogP contribution in [0.15, 0.2) is 59.1 Å². The minimum atomic E-state index is 0. The highest BCUT2D eigenvalue weighted by Gasteiger charge is 2.12. The molecule has 130 valence electrons. The van der Waals surface area contributed by atoms with Crippen molar-refractivity contribution in [2.45, 2.75) is 13.8 Å². The molecule has 26 heavy (non-hydrogen) atoms. The fourth-order valence-electron chi connectivity index (χ4n) is 3.32. The van der Waals surface area contributed by atoms with Crippen molar-refractivity contribution in [1.29, 1.82) is 0 Å². The number of pyridine rings is 1. The van der Waals surface area contributed by atoms with E-state index in [9.17, 15) is 0 Å². The van der Waals surface area contributed by atoms with E-state index in [0.717, 1.165) is 44.3 Å². The molecule has 3 aromatic heterocycles. The Labute approximate surface area is 156 Å². The van der Waals surface area contributed by atoms with Crippen LogP contribution in [0.2, 0.25) is 0 Å². The van der Waals surface area contributed by atoms with Gasteiger partial charge in [-0.3, -0.25) is 0 Å². The van der Waals surface area contributed by atoms with Crippen LogP contribution in [0.25, 0.3) is 32.8 Å². The van der Waals surface area contributed by atoms with Crippen molar-refractivity contribution >= 4 is 45.2 Å². The SMILES string of the molecule is Cc1[nH]c2c(Oc3ccc4oc5ccccc5c4c3)nccc2c1C.Cl. The van der Waals surface area contributed by atoms with E-state index < -0.39 is 0 Å². The lowest BCUT2D eigenvalue weighted by molar-refractivity contribution is 0.468. The van der Waals surface area contributed by atoms with Crippen LogP contribution in [0.5, 0.6) is 11.6 Å². The Balaban J connectivity index is 0.00000168. The number of ether oxygens (including phenoxy) is 1. The van der Waals surface area contributed by atoms with E-state index in [-0.39, 0.29) is 12.4 Å². The highest BCUT2D eigenvalue weighted by atomic mass is 35.5. The van der Waals surface area contributed by atoms with E-state index in [4.69, 9.17) is 9.15 Å². The van der Waals surface area contributed by atoms with E-state index in [1.165, 1.54) is 5.56 Å². The summed E-state index contributed by atoms with van der Waals surface area (Å²) in [6.07, 6.45) is 1.78. The third-order valence-electron chi connectivity index (χ3n) is 4.76. The molecular formula is C21H17ClN2O2. The number of aromatic nitrogens is 2. The third kappa shape index (κ3) is 2.42. The molecule has 4 nitrogen and oxygen atoms in total. The molecule has 0 atom stereocenters. The number of aromatic amines is 1. The van der Waals surface area contributed by atoms with Gasteiger partial charge in [0, 0.05) is 28.0 Å². The first-order valence-electron chi connectivity index (χ1n) is 8.24. The highest BCUT2D eigenvalue weighted by molar-refractivity contribution is 6.05. The molecule has 0 radical (unpaired) electrons. The maximum Gasteiger partial charge on any atom is 0.243 e. The fraction of sp³-hybridized carbons (Fsp3) is 0.0952. The van der Waals surface area contributed by atoms with Crippen molar-refractivity contribution in [2.75, 3.05) is 0 Å². The number of nitrogens with zero attached hydrogens (tertiary/aromatic N) is 1. The van der Waals surface area contributed by atoms with Crippen molar-refractivity contribution in [3.05, 3.63) is 66.0 Å². The van der Waals surface area contributed by atoms with Crippen LogP contribution in [0, 0.1) is 13.8 Å². The van der Waals surface area contributed by atoms with E-state index in [1.807, 2.05) is 42.5 Å². The van der Waals surface area contributed by atoms with Crippen LogP contribution in [-0.4, -0.2) is 9.97 Å². The smallest absolute Gasteiger partial charge is 0.243 e. The topological polar surface area (TPSA) is 51.0 Å². The second-order valence-corrected chi connectivity index (χ2v) is 6.27. The summed E-state index contributed by atoms with van der Waals surface area (Å²) in [7, 11) is 0. The predicted molar refractivity (Wildman–Crippen MR) is 107 cm³/mol. The molecule has 0 aliphatic rings. The first kappa shape index (κ1) is 16.5. The summed E-state index contributed by atoms with van der Waals surface area (Å²) in [4.78, 5) is 7.78. The van der Waals surface area contributed by atoms with Gasteiger partial charge in [-0.25, -0.2) is 4.98 Å². The predicted octanol–water partition coefficient (Wildman–Crippen LogP) is 6.29. The minimum Gasteiger partial charge on any atom is -0.456 e. The summed E-state index contributed by atoms with van der Waals surface area (Å²) < 4.78 is 12.0. The van der Waals surface area contributed by atoms with Gasteiger partial charge in [-0.1, -0.05) is 18.2 Å². The fourth-order valence-corrected chi connectivity index (χ4v) is 3.32. The van der Waals surface area contributed by atoms with Gasteiger partial charge in [0.25, 0.3) is 0 Å². The lowest BCUT2D eigenvalue weighted by Crippen LogP contribution is -1.89. The normalized spacial score (nSPS) is 11.2. The Morgan fingerprint density at radius 3 is 2.62 bits per heavy atom. The van der Waals surface area contributed by atoms with E-state index in [0.29, 0.717) is 5.88 Å². The molecule has 0 bridgehead atoms. The number of hydrogen-bond acceptors (Lipinski definition) is 3. The maximum absolute atomic E-state index is 6.10. The summed E-state index contributed by atoms with van der Waals surface area (Å²) in [5.41, 5.74) is 5.01. The quantitative estimate of drug-likeness (QED) is 0.400. The number of halogens is 1. The molecule has 0 spiro atoms. The van der Waals surface area contributed by atoms with Crippen molar-refractivity contribution in [2.24, 2.45) is 0 Å². The monoisotopic (exact) mass is 364 g/mol. The molecule has 0 aliphatic carbocycles.